The van der Waals surface area contributed by atoms with Gasteiger partial charge < -0.3 is 4.74 Å². The zero-order valence-electron chi connectivity index (χ0n) is 23.3. The first-order valence-corrected chi connectivity index (χ1v) is 14.6. The lowest BCUT2D eigenvalue weighted by molar-refractivity contribution is -0.203. The minimum atomic E-state index is -0.109. The third kappa shape index (κ3) is 2.53. The molecule has 5 saturated carbocycles. The van der Waals surface area contributed by atoms with Crippen LogP contribution in [0, 0.1) is 62.1 Å². The largest absolute Gasteiger partial charge is 0.462 e. The van der Waals surface area contributed by atoms with E-state index >= 15 is 0 Å². The maximum atomic E-state index is 11.9. The Morgan fingerprint density at radius 1 is 0.912 bits per heavy atom. The molecule has 34 heavy (non-hydrogen) atoms. The summed E-state index contributed by atoms with van der Waals surface area (Å²) in [6, 6.07) is 0. The third-order valence-electron chi connectivity index (χ3n) is 14.2. The molecule has 0 saturated heterocycles. The van der Waals surface area contributed by atoms with E-state index in [0.717, 1.165) is 24.2 Å². The van der Waals surface area contributed by atoms with E-state index in [2.05, 4.69) is 60.6 Å². The summed E-state index contributed by atoms with van der Waals surface area (Å²) in [5.41, 5.74) is 2.30. The SMILES string of the molecule is CC(=O)OC1CCC2(C)C(CCC3(C)C2C=CC24CC32CCC2(C)CCC(C)C(C)C24)C1(C)C. The molecule has 0 aromatic rings. The lowest BCUT2D eigenvalue weighted by Gasteiger charge is -2.68. The van der Waals surface area contributed by atoms with Gasteiger partial charge in [-0.25, -0.2) is 0 Å². The highest BCUT2D eigenvalue weighted by Crippen LogP contribution is 2.90. The maximum absolute atomic E-state index is 11.9. The Hall–Kier alpha value is -0.790. The van der Waals surface area contributed by atoms with Crippen LogP contribution in [0.4, 0.5) is 0 Å². The van der Waals surface area contributed by atoms with Crippen LogP contribution < -0.4 is 0 Å². The second-order valence-corrected chi connectivity index (χ2v) is 15.6. The highest BCUT2D eigenvalue weighted by molar-refractivity contribution is 5.66. The van der Waals surface area contributed by atoms with Crippen molar-refractivity contribution in [1.82, 2.24) is 0 Å². The standard InChI is InChI=1S/C32H50O2/c1-20-9-13-28(6)17-18-32-19-31(32,26(28)21(20)2)16-11-24-29(7)14-12-25(34-22(3)33)27(4,5)23(29)10-15-30(24,32)8/h11,16,20-21,23-26H,9-10,12-15,17-19H2,1-8H3. The summed E-state index contributed by atoms with van der Waals surface area (Å²) in [6.07, 6.45) is 17.8. The molecule has 190 valence electrons. The molecule has 0 N–H and O–H groups in total. The van der Waals surface area contributed by atoms with Crippen molar-refractivity contribution >= 4 is 5.97 Å². The van der Waals surface area contributed by atoms with Crippen molar-refractivity contribution < 1.29 is 9.53 Å². The molecule has 2 heteroatoms. The smallest absolute Gasteiger partial charge is 0.302 e. The van der Waals surface area contributed by atoms with Crippen molar-refractivity contribution in [1.29, 1.82) is 0 Å². The Morgan fingerprint density at radius 3 is 2.35 bits per heavy atom. The van der Waals surface area contributed by atoms with Gasteiger partial charge in [-0.15, -0.1) is 0 Å². The summed E-state index contributed by atoms with van der Waals surface area (Å²) in [6.45, 7) is 19.5. The Bertz CT molecular complexity index is 933. The number of carbonyl (C=O) groups is 1. The van der Waals surface area contributed by atoms with Gasteiger partial charge in [0.25, 0.3) is 0 Å². The van der Waals surface area contributed by atoms with Gasteiger partial charge in [-0.05, 0) is 114 Å². The molecule has 2 nitrogen and oxygen atoms in total. The molecule has 0 spiro atoms. The average molecular weight is 467 g/mol. The fourth-order valence-electron chi connectivity index (χ4n) is 12.4. The molecular weight excluding hydrogens is 416 g/mol. The van der Waals surface area contributed by atoms with Gasteiger partial charge in [0.2, 0.25) is 0 Å². The van der Waals surface area contributed by atoms with Gasteiger partial charge in [-0.1, -0.05) is 60.6 Å². The molecule has 6 aliphatic carbocycles. The minimum Gasteiger partial charge on any atom is -0.462 e. The van der Waals surface area contributed by atoms with E-state index < -0.39 is 0 Å². The van der Waals surface area contributed by atoms with Crippen molar-refractivity contribution in [2.45, 2.75) is 119 Å². The predicted octanol–water partition coefficient (Wildman–Crippen LogP) is 8.21. The number of carbonyl (C=O) groups excluding carboxylic acids is 1. The molecular formula is C32H50O2. The molecule has 0 heterocycles. The molecule has 0 aromatic heterocycles. The number of ether oxygens (including phenoxy) is 1. The van der Waals surface area contributed by atoms with E-state index in [0.29, 0.717) is 38.9 Å². The molecule has 0 aliphatic heterocycles. The van der Waals surface area contributed by atoms with Gasteiger partial charge in [0.15, 0.2) is 0 Å². The van der Waals surface area contributed by atoms with Crippen molar-refractivity contribution in [2.24, 2.45) is 62.1 Å². The lowest BCUT2D eigenvalue weighted by atomic mass is 9.36. The normalized spacial score (nSPS) is 58.9. The second kappa shape index (κ2) is 6.74. The molecule has 6 aliphatic rings. The van der Waals surface area contributed by atoms with Crippen LogP contribution in [0.2, 0.25) is 0 Å². The number of esters is 1. The summed E-state index contributed by atoms with van der Waals surface area (Å²) < 4.78 is 5.91. The molecule has 11 unspecified atom stereocenters. The average Bonchev–Trinajstić information content (AvgIpc) is 3.44. The van der Waals surface area contributed by atoms with Gasteiger partial charge in [0, 0.05) is 12.3 Å². The summed E-state index contributed by atoms with van der Waals surface area (Å²) in [7, 11) is 0. The zero-order valence-corrected chi connectivity index (χ0v) is 23.3. The zero-order chi connectivity index (χ0) is 24.5. The molecule has 0 radical (unpaired) electrons. The van der Waals surface area contributed by atoms with E-state index in [1.807, 2.05) is 0 Å². The number of hydrogen-bond donors (Lipinski definition) is 0. The summed E-state index contributed by atoms with van der Waals surface area (Å²) in [5, 5.41) is 0. The Balaban J connectivity index is 1.40. The van der Waals surface area contributed by atoms with E-state index in [4.69, 9.17) is 4.74 Å². The van der Waals surface area contributed by atoms with Crippen LogP contribution >= 0.6 is 0 Å². The van der Waals surface area contributed by atoms with E-state index in [1.165, 1.54) is 51.4 Å². The first-order chi connectivity index (χ1) is 15.8. The summed E-state index contributed by atoms with van der Waals surface area (Å²) in [5.74, 6) is 3.75. The lowest BCUT2D eigenvalue weighted by Crippen LogP contribution is -2.63. The van der Waals surface area contributed by atoms with Crippen LogP contribution in [0.1, 0.15) is 113 Å². The molecule has 0 bridgehead atoms. The number of rotatable bonds is 1. The Labute approximate surface area is 209 Å². The van der Waals surface area contributed by atoms with E-state index in [1.54, 1.807) is 6.92 Å². The maximum Gasteiger partial charge on any atom is 0.302 e. The van der Waals surface area contributed by atoms with Crippen molar-refractivity contribution in [2.75, 3.05) is 0 Å². The molecule has 11 atom stereocenters. The molecule has 0 amide bonds. The van der Waals surface area contributed by atoms with E-state index in [-0.39, 0.29) is 17.5 Å². The number of hydrogen-bond acceptors (Lipinski definition) is 2. The Kier molecular flexibility index (Phi) is 4.68. The number of fused-ring (bicyclic) bond motifs is 4. The first kappa shape index (κ1) is 23.6. The van der Waals surface area contributed by atoms with Crippen LogP contribution in [-0.2, 0) is 9.53 Å². The highest BCUT2D eigenvalue weighted by Gasteiger charge is 2.83. The van der Waals surface area contributed by atoms with Gasteiger partial charge in [-0.2, -0.15) is 0 Å². The summed E-state index contributed by atoms with van der Waals surface area (Å²) in [4.78, 5) is 11.9. The van der Waals surface area contributed by atoms with Crippen LogP contribution in [0.15, 0.2) is 12.2 Å². The highest BCUT2D eigenvalue weighted by atomic mass is 16.5. The van der Waals surface area contributed by atoms with Gasteiger partial charge in [-0.3, -0.25) is 4.79 Å². The van der Waals surface area contributed by atoms with Crippen molar-refractivity contribution in [3.8, 4) is 0 Å². The molecule has 6 rings (SSSR count). The van der Waals surface area contributed by atoms with Gasteiger partial charge in [0.05, 0.1) is 0 Å². The monoisotopic (exact) mass is 466 g/mol. The van der Waals surface area contributed by atoms with Crippen molar-refractivity contribution in [3.05, 3.63) is 12.2 Å². The summed E-state index contributed by atoms with van der Waals surface area (Å²) >= 11 is 0. The van der Waals surface area contributed by atoms with Gasteiger partial charge in [0.1, 0.15) is 6.10 Å². The van der Waals surface area contributed by atoms with Crippen molar-refractivity contribution in [3.63, 3.8) is 0 Å². The van der Waals surface area contributed by atoms with Crippen LogP contribution in [0.5, 0.6) is 0 Å². The van der Waals surface area contributed by atoms with Crippen LogP contribution in [0.25, 0.3) is 0 Å². The second-order valence-electron chi connectivity index (χ2n) is 15.6. The molecule has 0 aromatic carbocycles. The number of allylic oxidation sites excluding steroid dienone is 2. The van der Waals surface area contributed by atoms with E-state index in [9.17, 15) is 4.79 Å². The Morgan fingerprint density at radius 2 is 1.65 bits per heavy atom. The van der Waals surface area contributed by atoms with Crippen LogP contribution in [-0.4, -0.2) is 12.1 Å². The topological polar surface area (TPSA) is 26.3 Å². The third-order valence-corrected chi connectivity index (χ3v) is 14.2. The van der Waals surface area contributed by atoms with Gasteiger partial charge >= 0.3 is 5.97 Å². The first-order valence-electron chi connectivity index (χ1n) is 14.6. The fourth-order valence-corrected chi connectivity index (χ4v) is 12.4. The molecule has 5 fully saturated rings. The van der Waals surface area contributed by atoms with Crippen LogP contribution in [0.3, 0.4) is 0 Å². The predicted molar refractivity (Wildman–Crippen MR) is 138 cm³/mol. The fraction of sp³-hybridized carbons (Fsp3) is 0.906. The quantitative estimate of drug-likeness (QED) is 0.287. The minimum absolute atomic E-state index is 0.0437.